The third-order valence-electron chi connectivity index (χ3n) is 7.87. The number of hydrogen-bond acceptors (Lipinski definition) is 6. The van der Waals surface area contributed by atoms with Gasteiger partial charge in [0, 0.05) is 25.7 Å². The highest BCUT2D eigenvalue weighted by atomic mass is 33.7. The molecular weight excluding hydrogens is 505 g/mol. The maximum Gasteiger partial charge on any atom is 0.168 e. The average molecular weight is 559 g/mol. The molecule has 0 bridgehead atoms. The van der Waals surface area contributed by atoms with Crippen LogP contribution in [0.4, 0.5) is 0 Å². The Hall–Kier alpha value is 1.75. The molecule has 0 aromatic heterocycles. The maximum absolute atomic E-state index is 5.88. The lowest BCUT2D eigenvalue weighted by Crippen LogP contribution is -2.45. The molecule has 0 N–H and O–H groups in total. The minimum atomic E-state index is -0.618. The molecule has 0 radical (unpaired) electrons. The highest BCUT2D eigenvalue weighted by Crippen LogP contribution is 2.62. The molecule has 0 saturated carbocycles. The fraction of sp³-hybridized carbons (Fsp3) is 1.00. The summed E-state index contributed by atoms with van der Waals surface area (Å²) in [6, 6.07) is 0. The molecule has 0 aromatic carbocycles. The highest BCUT2D eigenvalue weighted by Gasteiger charge is 2.51. The first-order valence-corrected chi connectivity index (χ1v) is 19.6. The van der Waals surface area contributed by atoms with Gasteiger partial charge in [0.2, 0.25) is 0 Å². The third-order valence-corrected chi connectivity index (χ3v) is 20.9. The number of hydrogen-bond donors (Lipinski definition) is 0. The van der Waals surface area contributed by atoms with Crippen LogP contribution in [0.1, 0.15) is 95.9 Å². The Morgan fingerprint density at radius 2 is 0.750 bits per heavy atom. The second-order valence-corrected chi connectivity index (χ2v) is 23.7. The SMILES string of the molecule is CO[SiH2]C(CCSSSSCCC([SiH2]OC)(C(C)(C)C)C(C)(C)C)(C(C)(C)C)C(C)(C)C. The summed E-state index contributed by atoms with van der Waals surface area (Å²) in [7, 11) is 10.6. The molecule has 194 valence electrons. The van der Waals surface area contributed by atoms with Crippen LogP contribution in [0.5, 0.6) is 0 Å². The molecule has 32 heavy (non-hydrogen) atoms. The summed E-state index contributed by atoms with van der Waals surface area (Å²) in [6.45, 7) is 28.9. The van der Waals surface area contributed by atoms with Crippen LogP contribution < -0.4 is 0 Å². The van der Waals surface area contributed by atoms with E-state index in [1.807, 2.05) is 55.5 Å². The molecular formula is C24H54O2S4Si2. The minimum absolute atomic E-state index is 0.259. The van der Waals surface area contributed by atoms with Crippen LogP contribution in [0.3, 0.4) is 0 Å². The van der Waals surface area contributed by atoms with E-state index < -0.39 is 19.5 Å². The Morgan fingerprint density at radius 1 is 0.500 bits per heavy atom. The van der Waals surface area contributed by atoms with Gasteiger partial charge in [-0.2, -0.15) is 0 Å². The van der Waals surface area contributed by atoms with E-state index in [4.69, 9.17) is 8.85 Å². The summed E-state index contributed by atoms with van der Waals surface area (Å²) >= 11 is 0. The van der Waals surface area contributed by atoms with Crippen molar-refractivity contribution >= 4 is 60.8 Å². The lowest BCUT2D eigenvalue weighted by molar-refractivity contribution is 0.102. The Labute approximate surface area is 221 Å². The van der Waals surface area contributed by atoms with Crippen molar-refractivity contribution in [1.82, 2.24) is 0 Å². The zero-order chi connectivity index (χ0) is 25.5. The Kier molecular flexibility index (Phi) is 14.1. The van der Waals surface area contributed by atoms with E-state index >= 15 is 0 Å². The van der Waals surface area contributed by atoms with E-state index in [2.05, 4.69) is 83.1 Å². The fourth-order valence-corrected chi connectivity index (χ4v) is 15.9. The summed E-state index contributed by atoms with van der Waals surface area (Å²) in [5, 5.41) is 0.591. The first-order valence-electron chi connectivity index (χ1n) is 11.9. The molecule has 0 spiro atoms. The molecule has 8 heteroatoms. The first-order chi connectivity index (χ1) is 14.3. The largest absolute Gasteiger partial charge is 0.427 e. The molecule has 0 amide bonds. The molecule has 2 nitrogen and oxygen atoms in total. The minimum Gasteiger partial charge on any atom is -0.427 e. The Balaban J connectivity index is 4.78. The van der Waals surface area contributed by atoms with Crippen LogP contribution >= 0.6 is 41.2 Å². The van der Waals surface area contributed by atoms with Crippen LogP contribution in [0.2, 0.25) is 10.1 Å². The van der Waals surface area contributed by atoms with Gasteiger partial charge in [-0.3, -0.25) is 0 Å². The van der Waals surface area contributed by atoms with Crippen molar-refractivity contribution in [1.29, 1.82) is 0 Å². The molecule has 0 atom stereocenters. The van der Waals surface area contributed by atoms with E-state index in [9.17, 15) is 0 Å². The Bertz CT molecular complexity index is 456. The fourth-order valence-electron chi connectivity index (χ4n) is 5.79. The predicted octanol–water partition coefficient (Wildman–Crippen LogP) is 8.41. The summed E-state index contributed by atoms with van der Waals surface area (Å²) in [4.78, 5) is 0. The summed E-state index contributed by atoms with van der Waals surface area (Å²) in [6.07, 6.45) is 2.47. The zero-order valence-electron chi connectivity index (χ0n) is 23.7. The lowest BCUT2D eigenvalue weighted by Gasteiger charge is -2.53. The standard InChI is InChI=1S/C24H54O2S4Si2/c1-19(2,3)23(31-25-13,20(4,5)6)15-17-27-29-30-28-18-16-24(32-26-14,21(7,8)9)22(10,11)12/h15-18,31-32H2,1-14H3. The quantitative estimate of drug-likeness (QED) is 0.127. The molecule has 0 rings (SSSR count). The summed E-state index contributed by atoms with van der Waals surface area (Å²) < 4.78 is 11.8. The molecule has 0 heterocycles. The molecule has 0 aliphatic carbocycles. The van der Waals surface area contributed by atoms with Gasteiger partial charge < -0.3 is 8.85 Å². The number of rotatable bonds is 13. The molecule has 0 saturated heterocycles. The molecule has 0 aliphatic heterocycles. The van der Waals surface area contributed by atoms with Gasteiger partial charge in [0.25, 0.3) is 0 Å². The van der Waals surface area contributed by atoms with Crippen LogP contribution in [0, 0.1) is 21.7 Å². The zero-order valence-corrected chi connectivity index (χ0v) is 29.8. The lowest BCUT2D eigenvalue weighted by atomic mass is 9.64. The van der Waals surface area contributed by atoms with Gasteiger partial charge in [0.05, 0.1) is 0 Å². The van der Waals surface area contributed by atoms with Gasteiger partial charge in [-0.1, -0.05) is 105 Å². The van der Waals surface area contributed by atoms with Crippen LogP contribution in [-0.4, -0.2) is 45.3 Å². The van der Waals surface area contributed by atoms with Crippen molar-refractivity contribution in [2.45, 2.75) is 106 Å². The van der Waals surface area contributed by atoms with E-state index in [-0.39, 0.29) is 21.7 Å². The van der Waals surface area contributed by atoms with Gasteiger partial charge in [-0.05, 0) is 64.2 Å². The van der Waals surface area contributed by atoms with E-state index in [0.29, 0.717) is 10.1 Å². The van der Waals surface area contributed by atoms with Crippen LogP contribution in [0.25, 0.3) is 0 Å². The van der Waals surface area contributed by atoms with Gasteiger partial charge in [-0.15, -0.1) is 0 Å². The third kappa shape index (κ3) is 8.70. The van der Waals surface area contributed by atoms with Crippen molar-refractivity contribution in [2.24, 2.45) is 21.7 Å². The van der Waals surface area contributed by atoms with Crippen LogP contribution in [0.15, 0.2) is 0 Å². The topological polar surface area (TPSA) is 18.5 Å². The smallest absolute Gasteiger partial charge is 0.168 e. The van der Waals surface area contributed by atoms with E-state index in [0.717, 1.165) is 0 Å². The second kappa shape index (κ2) is 13.3. The molecule has 0 unspecified atom stereocenters. The molecule has 0 fully saturated rings. The van der Waals surface area contributed by atoms with Crippen molar-refractivity contribution in [3.63, 3.8) is 0 Å². The van der Waals surface area contributed by atoms with Gasteiger partial charge in [-0.25, -0.2) is 0 Å². The molecule has 0 aromatic rings. The maximum atomic E-state index is 5.88. The molecule has 0 aliphatic rings. The summed E-state index contributed by atoms with van der Waals surface area (Å²) in [5.41, 5.74) is 1.04. The second-order valence-electron chi connectivity index (χ2n) is 13.3. The van der Waals surface area contributed by atoms with Gasteiger partial charge in [0.15, 0.2) is 19.5 Å². The highest BCUT2D eigenvalue weighted by molar-refractivity contribution is 9.26. The van der Waals surface area contributed by atoms with E-state index in [1.54, 1.807) is 0 Å². The van der Waals surface area contributed by atoms with Crippen molar-refractivity contribution < 1.29 is 8.85 Å². The normalized spacial score (nSPS) is 15.6. The van der Waals surface area contributed by atoms with Gasteiger partial charge >= 0.3 is 0 Å². The summed E-state index contributed by atoms with van der Waals surface area (Å²) in [5.74, 6) is 2.38. The van der Waals surface area contributed by atoms with Crippen LogP contribution in [-0.2, 0) is 8.85 Å². The average Bonchev–Trinajstić information content (AvgIpc) is 2.57. The van der Waals surface area contributed by atoms with Crippen molar-refractivity contribution in [3.8, 4) is 0 Å². The predicted molar refractivity (Wildman–Crippen MR) is 164 cm³/mol. The van der Waals surface area contributed by atoms with E-state index in [1.165, 1.54) is 24.3 Å². The first kappa shape index (κ1) is 33.8. The monoisotopic (exact) mass is 558 g/mol. The Morgan fingerprint density at radius 3 is 0.938 bits per heavy atom. The van der Waals surface area contributed by atoms with Crippen molar-refractivity contribution in [2.75, 3.05) is 25.7 Å². The van der Waals surface area contributed by atoms with Gasteiger partial charge in [0.1, 0.15) is 0 Å². The van der Waals surface area contributed by atoms with Crippen molar-refractivity contribution in [3.05, 3.63) is 0 Å².